The molecule has 0 bridgehead atoms. The summed E-state index contributed by atoms with van der Waals surface area (Å²) in [4.78, 5) is 24.2. The second-order valence-corrected chi connectivity index (χ2v) is 4.39. The van der Waals surface area contributed by atoms with Crippen LogP contribution in [0.15, 0.2) is 0 Å². The lowest BCUT2D eigenvalue weighted by Crippen LogP contribution is -2.50. The van der Waals surface area contributed by atoms with Gasteiger partial charge in [0.25, 0.3) is 0 Å². The number of Topliss-reactive ketones (excluding diaryl/α,β-unsaturated/α-hetero) is 1. The minimum Gasteiger partial charge on any atom is -0.468 e. The van der Waals surface area contributed by atoms with E-state index >= 15 is 0 Å². The van der Waals surface area contributed by atoms with Crippen molar-refractivity contribution in [2.45, 2.75) is 38.7 Å². The zero-order valence-corrected chi connectivity index (χ0v) is 11.4. The summed E-state index contributed by atoms with van der Waals surface area (Å²) in [6.45, 7) is 5.08. The molecule has 0 aliphatic carbocycles. The third-order valence-corrected chi connectivity index (χ3v) is 3.38. The maximum atomic E-state index is 12.6. The van der Waals surface area contributed by atoms with Gasteiger partial charge in [-0.05, 0) is 13.3 Å². The average molecular weight is 258 g/mol. The number of ether oxygens (including phenoxy) is 3. The summed E-state index contributed by atoms with van der Waals surface area (Å²) in [6.07, 6.45) is 1.45. The lowest BCUT2D eigenvalue weighted by atomic mass is 9.81. The standard InChI is InChI=1S/C13H22O5/c1-4-10(12(15)16-3)11(14)13(18-5-2)6-8-17-9-7-13/h10H,4-9H2,1-3H3. The molecule has 0 aromatic heterocycles. The van der Waals surface area contributed by atoms with Crippen LogP contribution in [0.3, 0.4) is 0 Å². The van der Waals surface area contributed by atoms with Crippen molar-refractivity contribution < 1.29 is 23.8 Å². The highest BCUT2D eigenvalue weighted by molar-refractivity contribution is 6.03. The molecule has 0 aromatic carbocycles. The highest BCUT2D eigenvalue weighted by Crippen LogP contribution is 2.30. The van der Waals surface area contributed by atoms with Crippen LogP contribution in [-0.2, 0) is 23.8 Å². The second-order valence-electron chi connectivity index (χ2n) is 4.39. The first-order chi connectivity index (χ1) is 8.61. The molecule has 1 atom stereocenters. The van der Waals surface area contributed by atoms with Crippen LogP contribution in [-0.4, -0.2) is 44.3 Å². The van der Waals surface area contributed by atoms with Gasteiger partial charge in [0.15, 0.2) is 5.78 Å². The molecule has 0 amide bonds. The smallest absolute Gasteiger partial charge is 0.316 e. The molecular formula is C13H22O5. The van der Waals surface area contributed by atoms with Gasteiger partial charge in [0.05, 0.1) is 7.11 Å². The van der Waals surface area contributed by atoms with E-state index in [1.807, 2.05) is 6.92 Å². The lowest BCUT2D eigenvalue weighted by Gasteiger charge is -2.37. The lowest BCUT2D eigenvalue weighted by molar-refractivity contribution is -0.168. The van der Waals surface area contributed by atoms with Crippen LogP contribution in [0.2, 0.25) is 0 Å². The van der Waals surface area contributed by atoms with Crippen LogP contribution in [0.5, 0.6) is 0 Å². The first kappa shape index (κ1) is 15.1. The molecule has 0 N–H and O–H groups in total. The van der Waals surface area contributed by atoms with Gasteiger partial charge in [0.1, 0.15) is 11.5 Å². The van der Waals surface area contributed by atoms with E-state index in [0.717, 1.165) is 0 Å². The van der Waals surface area contributed by atoms with Crippen molar-refractivity contribution in [2.75, 3.05) is 26.9 Å². The number of methoxy groups -OCH3 is 1. The maximum absolute atomic E-state index is 12.6. The molecule has 1 aliphatic rings. The van der Waals surface area contributed by atoms with Gasteiger partial charge in [-0.2, -0.15) is 0 Å². The maximum Gasteiger partial charge on any atom is 0.316 e. The van der Waals surface area contributed by atoms with Crippen molar-refractivity contribution in [2.24, 2.45) is 5.92 Å². The highest BCUT2D eigenvalue weighted by atomic mass is 16.5. The molecule has 1 heterocycles. The number of hydrogen-bond donors (Lipinski definition) is 0. The molecule has 1 saturated heterocycles. The third kappa shape index (κ3) is 3.09. The van der Waals surface area contributed by atoms with E-state index in [0.29, 0.717) is 39.1 Å². The minimum absolute atomic E-state index is 0.165. The SMILES string of the molecule is CCOC1(C(=O)C(CC)C(=O)OC)CCOCC1. The van der Waals surface area contributed by atoms with Gasteiger partial charge in [-0.3, -0.25) is 9.59 Å². The molecular weight excluding hydrogens is 236 g/mol. The fourth-order valence-electron chi connectivity index (χ4n) is 2.36. The number of carbonyl (C=O) groups excluding carboxylic acids is 2. The summed E-state index contributed by atoms with van der Waals surface area (Å²) in [5, 5.41) is 0. The number of rotatable bonds is 6. The molecule has 0 saturated carbocycles. The van der Waals surface area contributed by atoms with Gasteiger partial charge in [-0.25, -0.2) is 0 Å². The Kier molecular flexibility index (Phi) is 5.75. The van der Waals surface area contributed by atoms with E-state index in [1.54, 1.807) is 6.92 Å². The highest BCUT2D eigenvalue weighted by Gasteiger charge is 2.45. The molecule has 1 fully saturated rings. The molecule has 0 radical (unpaired) electrons. The van der Waals surface area contributed by atoms with Crippen LogP contribution >= 0.6 is 0 Å². The molecule has 18 heavy (non-hydrogen) atoms. The minimum atomic E-state index is -0.873. The monoisotopic (exact) mass is 258 g/mol. The van der Waals surface area contributed by atoms with Crippen molar-refractivity contribution in [3.05, 3.63) is 0 Å². The number of carbonyl (C=O) groups is 2. The quantitative estimate of drug-likeness (QED) is 0.531. The molecule has 5 heteroatoms. The zero-order valence-electron chi connectivity index (χ0n) is 11.4. The largest absolute Gasteiger partial charge is 0.468 e. The fraction of sp³-hybridized carbons (Fsp3) is 0.846. The summed E-state index contributed by atoms with van der Waals surface area (Å²) in [5.41, 5.74) is -0.873. The van der Waals surface area contributed by atoms with Crippen LogP contribution in [0.25, 0.3) is 0 Å². The van der Waals surface area contributed by atoms with Gasteiger partial charge in [-0.15, -0.1) is 0 Å². The number of ketones is 1. The van der Waals surface area contributed by atoms with Crippen molar-refractivity contribution in [1.29, 1.82) is 0 Å². The predicted molar refractivity (Wildman–Crippen MR) is 65.2 cm³/mol. The third-order valence-electron chi connectivity index (χ3n) is 3.38. The van der Waals surface area contributed by atoms with E-state index < -0.39 is 17.5 Å². The number of esters is 1. The predicted octanol–water partition coefficient (Wildman–Crippen LogP) is 1.34. The molecule has 5 nitrogen and oxygen atoms in total. The summed E-state index contributed by atoms with van der Waals surface area (Å²) < 4.78 is 15.6. The van der Waals surface area contributed by atoms with Gasteiger partial charge >= 0.3 is 5.97 Å². The molecule has 1 rings (SSSR count). The molecule has 1 aliphatic heterocycles. The van der Waals surface area contributed by atoms with Gasteiger partial charge in [0, 0.05) is 32.7 Å². The Labute approximate surface area is 108 Å². The summed E-state index contributed by atoms with van der Waals surface area (Å²) in [5.74, 6) is -1.38. The van der Waals surface area contributed by atoms with Gasteiger partial charge in [-0.1, -0.05) is 6.92 Å². The van der Waals surface area contributed by atoms with E-state index in [-0.39, 0.29) is 5.78 Å². The van der Waals surface area contributed by atoms with Gasteiger partial charge < -0.3 is 14.2 Å². The first-order valence-corrected chi connectivity index (χ1v) is 6.45. The average Bonchev–Trinajstić information content (AvgIpc) is 2.40. The van der Waals surface area contributed by atoms with Crippen molar-refractivity contribution in [3.8, 4) is 0 Å². The van der Waals surface area contributed by atoms with E-state index in [4.69, 9.17) is 14.2 Å². The summed E-state index contributed by atoms with van der Waals surface area (Å²) in [7, 11) is 1.30. The molecule has 0 spiro atoms. The van der Waals surface area contributed by atoms with Crippen LogP contribution in [0, 0.1) is 5.92 Å². The normalized spacial score (nSPS) is 20.2. The second kappa shape index (κ2) is 6.85. The Morgan fingerprint density at radius 3 is 2.33 bits per heavy atom. The topological polar surface area (TPSA) is 61.8 Å². The van der Waals surface area contributed by atoms with E-state index in [9.17, 15) is 9.59 Å². The van der Waals surface area contributed by atoms with E-state index in [1.165, 1.54) is 7.11 Å². The zero-order chi connectivity index (χ0) is 13.6. The number of hydrogen-bond acceptors (Lipinski definition) is 5. The van der Waals surface area contributed by atoms with Crippen LogP contribution in [0.1, 0.15) is 33.1 Å². The first-order valence-electron chi connectivity index (χ1n) is 6.45. The van der Waals surface area contributed by atoms with Crippen LogP contribution in [0.4, 0.5) is 0 Å². The van der Waals surface area contributed by atoms with Crippen molar-refractivity contribution in [3.63, 3.8) is 0 Å². The summed E-state index contributed by atoms with van der Waals surface area (Å²) >= 11 is 0. The molecule has 0 aromatic rings. The van der Waals surface area contributed by atoms with Gasteiger partial charge in [0.2, 0.25) is 0 Å². The molecule has 1 unspecified atom stereocenters. The Morgan fingerprint density at radius 1 is 1.28 bits per heavy atom. The van der Waals surface area contributed by atoms with E-state index in [2.05, 4.69) is 0 Å². The fourth-order valence-corrected chi connectivity index (χ4v) is 2.36. The molecule has 104 valence electrons. The van der Waals surface area contributed by atoms with Crippen LogP contribution < -0.4 is 0 Å². The Bertz CT molecular complexity index is 288. The Hall–Kier alpha value is -0.940. The van der Waals surface area contributed by atoms with Crippen molar-refractivity contribution >= 4 is 11.8 Å². The summed E-state index contributed by atoms with van der Waals surface area (Å²) in [6, 6.07) is 0. The Balaban J connectivity index is 2.89. The Morgan fingerprint density at radius 2 is 1.89 bits per heavy atom. The van der Waals surface area contributed by atoms with Crippen molar-refractivity contribution in [1.82, 2.24) is 0 Å².